The fourth-order valence-electron chi connectivity index (χ4n) is 3.90. The lowest BCUT2D eigenvalue weighted by atomic mass is 10.1. The van der Waals surface area contributed by atoms with E-state index in [0.29, 0.717) is 12.6 Å². The summed E-state index contributed by atoms with van der Waals surface area (Å²) in [4.78, 5) is 8.93. The molecule has 9 heteroatoms. The number of benzene rings is 2. The molecule has 1 aromatic heterocycles. The van der Waals surface area contributed by atoms with Gasteiger partial charge in [0.1, 0.15) is 12.4 Å². The maximum Gasteiger partial charge on any atom is 0.191 e. The van der Waals surface area contributed by atoms with Gasteiger partial charge in [0.2, 0.25) is 0 Å². The molecule has 0 fully saturated rings. The fourth-order valence-corrected chi connectivity index (χ4v) is 4.76. The highest BCUT2D eigenvalue weighted by molar-refractivity contribution is 14.0. The van der Waals surface area contributed by atoms with Gasteiger partial charge in [0.05, 0.1) is 6.54 Å². The van der Waals surface area contributed by atoms with Gasteiger partial charge in [-0.2, -0.15) is 16.9 Å². The van der Waals surface area contributed by atoms with Crippen molar-refractivity contribution < 1.29 is 4.74 Å². The van der Waals surface area contributed by atoms with Crippen molar-refractivity contribution >= 4 is 52.5 Å². The van der Waals surface area contributed by atoms with Crippen LogP contribution in [0.4, 0.5) is 0 Å². The number of aryl methyl sites for hydroxylation is 1. The van der Waals surface area contributed by atoms with Crippen LogP contribution in [0.15, 0.2) is 47.5 Å². The predicted molar refractivity (Wildman–Crippen MR) is 143 cm³/mol. The first-order valence-electron chi connectivity index (χ1n) is 10.7. The molecular weight excluding hydrogens is 535 g/mol. The number of fused-ring (bicyclic) bond motifs is 2. The maximum absolute atomic E-state index is 5.14. The van der Waals surface area contributed by atoms with Crippen molar-refractivity contribution in [1.29, 1.82) is 0 Å². The molecule has 0 aliphatic carbocycles. The third-order valence-electron chi connectivity index (χ3n) is 5.42. The topological polar surface area (TPSA) is 76.4 Å². The Labute approximate surface area is 210 Å². The quantitative estimate of drug-likeness (QED) is 0.188. The molecule has 1 unspecified atom stereocenters. The number of aromatic nitrogens is 3. The second-order valence-corrected chi connectivity index (χ2v) is 8.73. The molecule has 2 N–H and O–H groups in total. The minimum Gasteiger partial charge on any atom is -0.377 e. The Kier molecular flexibility index (Phi) is 9.61. The van der Waals surface area contributed by atoms with Crippen molar-refractivity contribution in [2.24, 2.45) is 4.99 Å². The summed E-state index contributed by atoms with van der Waals surface area (Å²) in [5, 5.41) is 14.2. The van der Waals surface area contributed by atoms with Gasteiger partial charge in [0, 0.05) is 44.7 Å². The number of halogens is 1. The molecule has 7 nitrogen and oxygen atoms in total. The summed E-state index contributed by atoms with van der Waals surface area (Å²) in [5.74, 6) is 4.66. The number of ether oxygens (including phenoxy) is 1. The Morgan fingerprint density at radius 2 is 2.09 bits per heavy atom. The molecule has 0 bridgehead atoms. The Morgan fingerprint density at radius 3 is 2.94 bits per heavy atom. The lowest BCUT2D eigenvalue weighted by Crippen LogP contribution is -2.47. The van der Waals surface area contributed by atoms with Crippen LogP contribution < -0.4 is 10.6 Å². The van der Waals surface area contributed by atoms with Crippen molar-refractivity contribution in [3.63, 3.8) is 0 Å². The summed E-state index contributed by atoms with van der Waals surface area (Å²) < 4.78 is 7.13. The summed E-state index contributed by atoms with van der Waals surface area (Å²) in [7, 11) is 3.49. The summed E-state index contributed by atoms with van der Waals surface area (Å²) in [5.41, 5.74) is 1.39. The summed E-state index contributed by atoms with van der Waals surface area (Å²) in [6.45, 7) is 2.12. The zero-order chi connectivity index (χ0) is 21.5. The smallest absolute Gasteiger partial charge is 0.191 e. The van der Waals surface area contributed by atoms with Crippen LogP contribution in [-0.2, 0) is 30.1 Å². The van der Waals surface area contributed by atoms with Crippen molar-refractivity contribution in [2.45, 2.75) is 37.8 Å². The Hall–Kier alpha value is -1.85. The highest BCUT2D eigenvalue weighted by atomic mass is 127. The van der Waals surface area contributed by atoms with E-state index in [4.69, 9.17) is 4.74 Å². The Morgan fingerprint density at radius 1 is 1.25 bits per heavy atom. The number of nitrogens with zero attached hydrogens (tertiary/aromatic N) is 4. The lowest BCUT2D eigenvalue weighted by Gasteiger charge is -2.25. The van der Waals surface area contributed by atoms with E-state index in [0.717, 1.165) is 55.0 Å². The van der Waals surface area contributed by atoms with Gasteiger partial charge in [0.15, 0.2) is 11.8 Å². The molecule has 3 aromatic rings. The van der Waals surface area contributed by atoms with E-state index in [-0.39, 0.29) is 24.0 Å². The molecule has 1 atom stereocenters. The highest BCUT2D eigenvalue weighted by Gasteiger charge is 2.22. The Bertz CT molecular complexity index is 1040. The van der Waals surface area contributed by atoms with Gasteiger partial charge in [-0.15, -0.1) is 24.0 Å². The molecule has 0 amide bonds. The standard InChI is InChI=1S/C23H30N6OS.HI/c1-24-23(26-19-10-11-22-27-21(15-30-2)28-29(22)14-19)25-12-13-31-16-18-8-5-7-17-6-3-4-9-20(17)18;/h3-9,19H,10-16H2,1-2H3,(H2,24,25,26);1H. The van der Waals surface area contributed by atoms with Gasteiger partial charge in [-0.3, -0.25) is 4.99 Å². The largest absolute Gasteiger partial charge is 0.377 e. The second kappa shape index (κ2) is 12.4. The van der Waals surface area contributed by atoms with Crippen LogP contribution in [0.3, 0.4) is 0 Å². The van der Waals surface area contributed by atoms with Crippen LogP contribution >= 0.6 is 35.7 Å². The first-order chi connectivity index (χ1) is 15.3. The summed E-state index contributed by atoms with van der Waals surface area (Å²) >= 11 is 1.94. The van der Waals surface area contributed by atoms with Crippen molar-refractivity contribution in [3.8, 4) is 0 Å². The second-order valence-electron chi connectivity index (χ2n) is 7.63. The molecule has 1 aliphatic rings. The van der Waals surface area contributed by atoms with Gasteiger partial charge in [0.25, 0.3) is 0 Å². The predicted octanol–water partition coefficient (Wildman–Crippen LogP) is 3.61. The molecule has 0 radical (unpaired) electrons. The van der Waals surface area contributed by atoms with E-state index < -0.39 is 0 Å². The number of hydrogen-bond acceptors (Lipinski definition) is 5. The molecule has 172 valence electrons. The van der Waals surface area contributed by atoms with Crippen LogP contribution in [0.5, 0.6) is 0 Å². The highest BCUT2D eigenvalue weighted by Crippen LogP contribution is 2.22. The number of methoxy groups -OCH3 is 1. The third-order valence-corrected chi connectivity index (χ3v) is 6.42. The summed E-state index contributed by atoms with van der Waals surface area (Å²) in [6, 6.07) is 15.4. The average Bonchev–Trinajstić information content (AvgIpc) is 3.20. The number of aliphatic imine (C=N–C) groups is 1. The molecule has 0 saturated carbocycles. The van der Waals surface area contributed by atoms with E-state index in [2.05, 4.69) is 68.2 Å². The molecule has 0 spiro atoms. The number of hydrogen-bond donors (Lipinski definition) is 2. The van der Waals surface area contributed by atoms with E-state index in [1.54, 1.807) is 7.11 Å². The number of thioether (sulfide) groups is 1. The van der Waals surface area contributed by atoms with Gasteiger partial charge in [-0.05, 0) is 22.8 Å². The van der Waals surface area contributed by atoms with Crippen LogP contribution in [-0.4, -0.2) is 53.2 Å². The van der Waals surface area contributed by atoms with Crippen molar-refractivity contribution in [1.82, 2.24) is 25.4 Å². The third kappa shape index (κ3) is 6.35. The maximum atomic E-state index is 5.14. The average molecular weight is 567 g/mol. The van der Waals surface area contributed by atoms with Gasteiger partial charge >= 0.3 is 0 Å². The zero-order valence-electron chi connectivity index (χ0n) is 18.6. The number of nitrogens with one attached hydrogen (secondary N) is 2. The minimum absolute atomic E-state index is 0. The first kappa shape index (κ1) is 24.8. The SMILES string of the molecule is CN=C(NCCSCc1cccc2ccccc12)NC1CCc2nc(COC)nn2C1.I. The van der Waals surface area contributed by atoms with E-state index in [1.807, 2.05) is 23.5 Å². The van der Waals surface area contributed by atoms with E-state index in [9.17, 15) is 0 Å². The minimum atomic E-state index is 0. The van der Waals surface area contributed by atoms with Crippen LogP contribution in [0, 0.1) is 0 Å². The van der Waals surface area contributed by atoms with Crippen molar-refractivity contribution in [3.05, 3.63) is 59.7 Å². The lowest BCUT2D eigenvalue weighted by molar-refractivity contribution is 0.177. The monoisotopic (exact) mass is 566 g/mol. The van der Waals surface area contributed by atoms with Crippen molar-refractivity contribution in [2.75, 3.05) is 26.5 Å². The van der Waals surface area contributed by atoms with Crippen LogP contribution in [0.2, 0.25) is 0 Å². The molecule has 1 aliphatic heterocycles. The zero-order valence-corrected chi connectivity index (χ0v) is 21.7. The van der Waals surface area contributed by atoms with Crippen LogP contribution in [0.25, 0.3) is 10.8 Å². The molecule has 2 aromatic carbocycles. The van der Waals surface area contributed by atoms with Crippen LogP contribution in [0.1, 0.15) is 23.6 Å². The Balaban J connectivity index is 0.00000289. The van der Waals surface area contributed by atoms with E-state index in [1.165, 1.54) is 16.3 Å². The van der Waals surface area contributed by atoms with Gasteiger partial charge < -0.3 is 15.4 Å². The van der Waals surface area contributed by atoms with E-state index >= 15 is 0 Å². The fraction of sp³-hybridized carbons (Fsp3) is 0.435. The van der Waals surface area contributed by atoms with Gasteiger partial charge in [-0.25, -0.2) is 9.67 Å². The summed E-state index contributed by atoms with van der Waals surface area (Å²) in [6.07, 6.45) is 1.92. The molecule has 2 heterocycles. The molecular formula is C23H31IN6OS. The molecule has 32 heavy (non-hydrogen) atoms. The number of rotatable bonds is 8. The molecule has 4 rings (SSSR count). The number of guanidine groups is 1. The first-order valence-corrected chi connectivity index (χ1v) is 11.9. The normalized spacial score (nSPS) is 15.8. The van der Waals surface area contributed by atoms with Gasteiger partial charge in [-0.1, -0.05) is 42.5 Å². The molecule has 0 saturated heterocycles.